The Morgan fingerprint density at radius 2 is 2.33 bits per heavy atom. The van der Waals surface area contributed by atoms with Gasteiger partial charge in [-0.3, -0.25) is 9.59 Å². The summed E-state index contributed by atoms with van der Waals surface area (Å²) in [5.74, 6) is -0.599. The highest BCUT2D eigenvalue weighted by atomic mass is 16.3. The molecule has 84 valence electrons. The first-order chi connectivity index (χ1) is 7.20. The Kier molecular flexibility index (Phi) is 4.49. The third-order valence-corrected chi connectivity index (χ3v) is 2.68. The van der Waals surface area contributed by atoms with Gasteiger partial charge in [0, 0.05) is 19.6 Å². The van der Waals surface area contributed by atoms with Gasteiger partial charge in [-0.25, -0.2) is 0 Å². The van der Waals surface area contributed by atoms with Crippen molar-refractivity contribution in [3.05, 3.63) is 12.8 Å². The van der Waals surface area contributed by atoms with Crippen LogP contribution in [0.2, 0.25) is 0 Å². The molecule has 4 nitrogen and oxygen atoms in total. The molecule has 0 spiro atoms. The molecular weight excluding hydrogens is 194 g/mol. The van der Waals surface area contributed by atoms with Crippen LogP contribution in [0.5, 0.6) is 0 Å². The maximum atomic E-state index is 11.6. The van der Waals surface area contributed by atoms with Crippen LogP contribution in [0.15, 0.2) is 12.8 Å². The Morgan fingerprint density at radius 1 is 1.60 bits per heavy atom. The zero-order chi connectivity index (χ0) is 11.3. The second-order valence-corrected chi connectivity index (χ2v) is 3.70. The zero-order valence-electron chi connectivity index (χ0n) is 8.82. The number of amides is 1. The first kappa shape index (κ1) is 11.9. The van der Waals surface area contributed by atoms with Crippen molar-refractivity contribution < 1.29 is 14.7 Å². The van der Waals surface area contributed by atoms with Gasteiger partial charge < -0.3 is 10.0 Å². The van der Waals surface area contributed by atoms with E-state index in [1.807, 2.05) is 0 Å². The lowest BCUT2D eigenvalue weighted by Crippen LogP contribution is -2.26. The van der Waals surface area contributed by atoms with Crippen molar-refractivity contribution in [2.24, 2.45) is 5.92 Å². The Bertz CT molecular complexity index is 263. The Morgan fingerprint density at radius 3 is 2.87 bits per heavy atom. The minimum absolute atomic E-state index is 0.00204. The van der Waals surface area contributed by atoms with E-state index < -0.39 is 5.92 Å². The molecule has 1 aliphatic rings. The van der Waals surface area contributed by atoms with Crippen molar-refractivity contribution in [2.45, 2.75) is 25.7 Å². The lowest BCUT2D eigenvalue weighted by molar-refractivity contribution is -0.135. The quantitative estimate of drug-likeness (QED) is 0.520. The molecule has 1 atom stereocenters. The molecule has 0 saturated carbocycles. The van der Waals surface area contributed by atoms with Gasteiger partial charge in [0.05, 0.1) is 5.92 Å². The van der Waals surface area contributed by atoms with Crippen molar-refractivity contribution in [3.8, 4) is 0 Å². The zero-order valence-corrected chi connectivity index (χ0v) is 8.82. The van der Waals surface area contributed by atoms with Crippen LogP contribution in [0, 0.1) is 5.92 Å². The number of Topliss-reactive ketones (excluding diaryl/α,β-unsaturated/α-hetero) is 1. The molecule has 1 unspecified atom stereocenters. The number of nitrogens with zero attached hydrogens (tertiary/aromatic N) is 1. The molecule has 1 aliphatic heterocycles. The highest BCUT2D eigenvalue weighted by molar-refractivity contribution is 6.02. The monoisotopic (exact) mass is 211 g/mol. The van der Waals surface area contributed by atoms with Gasteiger partial charge in [-0.05, 0) is 25.5 Å². The van der Waals surface area contributed by atoms with Crippen LogP contribution in [0.25, 0.3) is 0 Å². The number of aliphatic hydroxyl groups excluding tert-OH is 1. The van der Waals surface area contributed by atoms with Crippen LogP contribution in [-0.2, 0) is 9.59 Å². The summed E-state index contributed by atoms with van der Waals surface area (Å²) in [6, 6.07) is 0. The number of aliphatic hydroxyl groups is 1. The predicted molar refractivity (Wildman–Crippen MR) is 56.0 cm³/mol. The third kappa shape index (κ3) is 2.89. The van der Waals surface area contributed by atoms with Crippen molar-refractivity contribution in [1.82, 2.24) is 4.90 Å². The van der Waals surface area contributed by atoms with Crippen LogP contribution >= 0.6 is 0 Å². The van der Waals surface area contributed by atoms with E-state index in [9.17, 15) is 9.59 Å². The Balaban J connectivity index is 2.41. The minimum atomic E-state index is -0.471. The van der Waals surface area contributed by atoms with Crippen molar-refractivity contribution >= 4 is 11.7 Å². The van der Waals surface area contributed by atoms with E-state index >= 15 is 0 Å². The fraction of sp³-hybridized carbons (Fsp3) is 0.636. The van der Waals surface area contributed by atoms with Crippen molar-refractivity contribution in [2.75, 3.05) is 13.2 Å². The highest BCUT2D eigenvalue weighted by Gasteiger charge is 2.34. The molecule has 4 heteroatoms. The SMILES string of the molecule is C=CN1CCC(C(=O)CCCCO)C1=O. The van der Waals surface area contributed by atoms with E-state index in [0.717, 1.165) is 0 Å². The average molecular weight is 211 g/mol. The molecule has 0 bridgehead atoms. The van der Waals surface area contributed by atoms with Gasteiger partial charge in [-0.2, -0.15) is 0 Å². The van der Waals surface area contributed by atoms with Gasteiger partial charge in [-0.15, -0.1) is 0 Å². The fourth-order valence-electron chi connectivity index (χ4n) is 1.77. The van der Waals surface area contributed by atoms with Crippen molar-refractivity contribution in [1.29, 1.82) is 0 Å². The van der Waals surface area contributed by atoms with Gasteiger partial charge in [0.15, 0.2) is 0 Å². The summed E-state index contributed by atoms with van der Waals surface area (Å²) in [6.07, 6.45) is 3.75. The van der Waals surface area contributed by atoms with Crippen LogP contribution in [0.3, 0.4) is 0 Å². The minimum Gasteiger partial charge on any atom is -0.396 e. The largest absolute Gasteiger partial charge is 0.396 e. The van der Waals surface area contributed by atoms with Gasteiger partial charge in [0.25, 0.3) is 0 Å². The molecule has 15 heavy (non-hydrogen) atoms. The molecule has 1 rings (SSSR count). The number of rotatable bonds is 6. The number of unbranched alkanes of at least 4 members (excludes halogenated alkanes) is 1. The normalized spacial score (nSPS) is 20.7. The molecule has 0 radical (unpaired) electrons. The summed E-state index contributed by atoms with van der Waals surface area (Å²) in [4.78, 5) is 24.7. The Hall–Kier alpha value is -1.16. The first-order valence-corrected chi connectivity index (χ1v) is 5.27. The number of likely N-dealkylation sites (tertiary alicyclic amines) is 1. The summed E-state index contributed by atoms with van der Waals surface area (Å²) >= 11 is 0. The molecule has 0 aromatic carbocycles. The summed E-state index contributed by atoms with van der Waals surface area (Å²) in [5.41, 5.74) is 0. The smallest absolute Gasteiger partial charge is 0.237 e. The first-order valence-electron chi connectivity index (χ1n) is 5.27. The summed E-state index contributed by atoms with van der Waals surface area (Å²) < 4.78 is 0. The molecule has 1 N–H and O–H groups in total. The summed E-state index contributed by atoms with van der Waals surface area (Å²) in [7, 11) is 0. The standard InChI is InChI=1S/C11H17NO3/c1-2-12-7-6-9(11(12)15)10(14)5-3-4-8-13/h2,9,13H,1,3-8H2. The van der Waals surface area contributed by atoms with Gasteiger partial charge in [0.1, 0.15) is 5.78 Å². The molecule has 1 heterocycles. The summed E-state index contributed by atoms with van der Waals surface area (Å²) in [5, 5.41) is 8.58. The van der Waals surface area contributed by atoms with Gasteiger partial charge >= 0.3 is 0 Å². The average Bonchev–Trinajstić information content (AvgIpc) is 2.60. The number of carbonyl (C=O) groups is 2. The molecule has 0 aromatic heterocycles. The Labute approximate surface area is 89.6 Å². The molecule has 1 fully saturated rings. The van der Waals surface area contributed by atoms with E-state index in [1.165, 1.54) is 11.1 Å². The van der Waals surface area contributed by atoms with E-state index in [2.05, 4.69) is 6.58 Å². The fourth-order valence-corrected chi connectivity index (χ4v) is 1.77. The van der Waals surface area contributed by atoms with E-state index in [1.54, 1.807) is 0 Å². The van der Waals surface area contributed by atoms with Crippen LogP contribution in [0.4, 0.5) is 0 Å². The molecule has 1 saturated heterocycles. The maximum Gasteiger partial charge on any atom is 0.237 e. The second-order valence-electron chi connectivity index (χ2n) is 3.70. The van der Waals surface area contributed by atoms with Gasteiger partial charge in [-0.1, -0.05) is 6.58 Å². The van der Waals surface area contributed by atoms with E-state index in [0.29, 0.717) is 32.2 Å². The lowest BCUT2D eigenvalue weighted by atomic mass is 9.98. The predicted octanol–water partition coefficient (Wildman–Crippen LogP) is 0.710. The molecule has 1 amide bonds. The third-order valence-electron chi connectivity index (χ3n) is 2.68. The molecule has 0 aromatic rings. The van der Waals surface area contributed by atoms with E-state index in [-0.39, 0.29) is 18.3 Å². The van der Waals surface area contributed by atoms with E-state index in [4.69, 9.17) is 5.11 Å². The molecular formula is C11H17NO3. The topological polar surface area (TPSA) is 57.6 Å². The number of carbonyl (C=O) groups excluding carboxylic acids is 2. The van der Waals surface area contributed by atoms with Gasteiger partial charge in [0.2, 0.25) is 5.91 Å². The van der Waals surface area contributed by atoms with Crippen LogP contribution in [0.1, 0.15) is 25.7 Å². The maximum absolute atomic E-state index is 11.6. The molecule has 0 aliphatic carbocycles. The van der Waals surface area contributed by atoms with Crippen LogP contribution in [-0.4, -0.2) is 34.8 Å². The van der Waals surface area contributed by atoms with Crippen LogP contribution < -0.4 is 0 Å². The lowest BCUT2D eigenvalue weighted by Gasteiger charge is -2.09. The highest BCUT2D eigenvalue weighted by Crippen LogP contribution is 2.21. The second kappa shape index (κ2) is 5.66. The number of hydrogen-bond acceptors (Lipinski definition) is 3. The number of ketones is 1. The van der Waals surface area contributed by atoms with Crippen molar-refractivity contribution in [3.63, 3.8) is 0 Å². The summed E-state index contributed by atoms with van der Waals surface area (Å²) in [6.45, 7) is 4.22. The number of hydrogen-bond donors (Lipinski definition) is 1.